The van der Waals surface area contributed by atoms with E-state index in [-0.39, 0.29) is 14.9 Å². The fraction of sp³-hybridized carbons (Fsp3) is 0.467. The van der Waals surface area contributed by atoms with Crippen molar-refractivity contribution in [3.05, 3.63) is 29.3 Å². The molecule has 99 valence electrons. The zero-order chi connectivity index (χ0) is 14.2. The number of ether oxygens (including phenoxy) is 1. The molecular formula is C15H18NO2Pb. The molecule has 1 heterocycles. The monoisotopic (exact) mass is 452 g/mol. The molecule has 4 heteroatoms. The van der Waals surface area contributed by atoms with Crippen LogP contribution in [0.2, 0.25) is 0 Å². The van der Waals surface area contributed by atoms with E-state index in [1.807, 2.05) is 0 Å². The molecule has 0 aromatic heterocycles. The van der Waals surface area contributed by atoms with Crippen LogP contribution >= 0.6 is 0 Å². The van der Waals surface area contributed by atoms with Crippen LogP contribution in [0.5, 0.6) is 0 Å². The molecule has 0 amide bonds. The minimum atomic E-state index is -0.0903. The van der Waals surface area contributed by atoms with E-state index in [2.05, 4.69) is 50.9 Å². The Morgan fingerprint density at radius 1 is 1.47 bits per heavy atom. The first kappa shape index (κ1) is 14.7. The van der Waals surface area contributed by atoms with Gasteiger partial charge in [-0.2, -0.15) is 0 Å². The van der Waals surface area contributed by atoms with Gasteiger partial charge in [0.25, 0.3) is 0 Å². The average Bonchev–Trinajstić information content (AvgIpc) is 2.57. The van der Waals surface area contributed by atoms with Gasteiger partial charge in [0.2, 0.25) is 0 Å². The topological polar surface area (TPSA) is 38.7 Å². The second-order valence-electron chi connectivity index (χ2n) is 5.60. The van der Waals surface area contributed by atoms with E-state index >= 15 is 0 Å². The summed E-state index contributed by atoms with van der Waals surface area (Å²) in [6, 6.07) is 6.37. The number of carbonyl (C=O) groups excluding carboxylic acids is 1. The van der Waals surface area contributed by atoms with Crippen molar-refractivity contribution >= 4 is 40.7 Å². The summed E-state index contributed by atoms with van der Waals surface area (Å²) >= 11 is 0.454. The summed E-state index contributed by atoms with van der Waals surface area (Å²) in [5.74, 6) is 0.222. The molecule has 1 aromatic carbocycles. The third-order valence-electron chi connectivity index (χ3n) is 3.92. The van der Waals surface area contributed by atoms with Gasteiger partial charge in [-0.05, 0) is 0 Å². The van der Waals surface area contributed by atoms with Gasteiger partial charge in [0.05, 0.1) is 0 Å². The normalized spacial score (nSPS) is 17.6. The Hall–Kier alpha value is -0.718. The van der Waals surface area contributed by atoms with Crippen LogP contribution in [0.3, 0.4) is 0 Å². The van der Waals surface area contributed by atoms with Gasteiger partial charge in [0, 0.05) is 0 Å². The summed E-state index contributed by atoms with van der Waals surface area (Å²) < 4.78 is 5.05. The molecule has 0 aliphatic carbocycles. The van der Waals surface area contributed by atoms with E-state index < -0.39 is 0 Å². The first-order chi connectivity index (χ1) is 8.82. The summed E-state index contributed by atoms with van der Waals surface area (Å²) in [5.41, 5.74) is 4.70. The molecule has 1 aromatic rings. The van der Waals surface area contributed by atoms with E-state index in [0.717, 1.165) is 11.4 Å². The van der Waals surface area contributed by atoms with Crippen molar-refractivity contribution in [2.75, 3.05) is 6.61 Å². The predicted octanol–water partition coefficient (Wildman–Crippen LogP) is 3.48. The standard InChI is InChI=1S/C15H18NO2.Pb/c1-10(8-18-9-17)12-5-6-14-13(7-12)15(3,4)11(2)16-14;/h5-7,10H,8H2,1-4H3;. The Labute approximate surface area is 130 Å². The van der Waals surface area contributed by atoms with Crippen molar-refractivity contribution in [2.45, 2.75) is 39.0 Å². The molecule has 3 nitrogen and oxygen atoms in total. The first-order valence-corrected chi connectivity index (χ1v) is 8.35. The fourth-order valence-corrected chi connectivity index (χ4v) is 2.59. The minimum absolute atomic E-state index is 0.000586. The van der Waals surface area contributed by atoms with Gasteiger partial charge in [0.1, 0.15) is 0 Å². The first-order valence-electron chi connectivity index (χ1n) is 6.41. The van der Waals surface area contributed by atoms with Crippen LogP contribution in [0.15, 0.2) is 23.2 Å². The van der Waals surface area contributed by atoms with Crippen LogP contribution in [0.1, 0.15) is 44.7 Å². The van der Waals surface area contributed by atoms with Gasteiger partial charge >= 0.3 is 130 Å². The zero-order valence-corrected chi connectivity index (χ0v) is 15.7. The van der Waals surface area contributed by atoms with E-state index in [1.165, 1.54) is 11.1 Å². The van der Waals surface area contributed by atoms with Crippen molar-refractivity contribution in [2.24, 2.45) is 4.99 Å². The predicted molar refractivity (Wildman–Crippen MR) is 77.8 cm³/mol. The average molecular weight is 452 g/mol. The summed E-state index contributed by atoms with van der Waals surface area (Å²) in [7, 11) is 0. The summed E-state index contributed by atoms with van der Waals surface area (Å²) in [4.78, 5) is 15.6. The van der Waals surface area contributed by atoms with Gasteiger partial charge < -0.3 is 0 Å². The fourth-order valence-electron chi connectivity index (χ4n) is 2.27. The van der Waals surface area contributed by atoms with E-state index in [9.17, 15) is 4.79 Å². The summed E-state index contributed by atoms with van der Waals surface area (Å²) in [5, 5.41) is 0. The van der Waals surface area contributed by atoms with Gasteiger partial charge in [-0.25, -0.2) is 0 Å². The molecule has 2 rings (SSSR count). The summed E-state index contributed by atoms with van der Waals surface area (Å²) in [6.07, 6.45) is 0. The number of benzene rings is 1. The number of hydrogen-bond acceptors (Lipinski definition) is 3. The van der Waals surface area contributed by atoms with Crippen molar-refractivity contribution < 1.29 is 9.53 Å². The van der Waals surface area contributed by atoms with E-state index in [1.54, 1.807) is 0 Å². The Balaban J connectivity index is 2.24. The summed E-state index contributed by atoms with van der Waals surface area (Å²) in [6.45, 7) is 9.02. The maximum absolute atomic E-state index is 10.9. The number of rotatable bonds is 3. The van der Waals surface area contributed by atoms with Crippen LogP contribution in [-0.2, 0) is 10.2 Å². The molecule has 0 bridgehead atoms. The van der Waals surface area contributed by atoms with Crippen molar-refractivity contribution in [1.29, 1.82) is 0 Å². The third kappa shape index (κ3) is 2.90. The molecule has 0 saturated carbocycles. The molecule has 0 saturated heterocycles. The van der Waals surface area contributed by atoms with Gasteiger partial charge in [-0.15, -0.1) is 0 Å². The van der Waals surface area contributed by atoms with Crippen molar-refractivity contribution in [1.82, 2.24) is 0 Å². The van der Waals surface area contributed by atoms with Crippen LogP contribution in [0.25, 0.3) is 0 Å². The molecule has 1 aliphatic heterocycles. The third-order valence-corrected chi connectivity index (χ3v) is 4.48. The van der Waals surface area contributed by atoms with Crippen molar-refractivity contribution in [3.63, 3.8) is 0 Å². The van der Waals surface area contributed by atoms with Crippen molar-refractivity contribution in [3.8, 4) is 0 Å². The number of hydrogen-bond donors (Lipinski definition) is 0. The zero-order valence-electron chi connectivity index (χ0n) is 11.8. The van der Waals surface area contributed by atoms with Gasteiger partial charge in [-0.3, -0.25) is 0 Å². The molecule has 19 heavy (non-hydrogen) atoms. The Kier molecular flexibility index (Phi) is 4.13. The van der Waals surface area contributed by atoms with Gasteiger partial charge in [0.15, 0.2) is 0 Å². The Morgan fingerprint density at radius 3 is 2.79 bits per heavy atom. The maximum atomic E-state index is 10.9. The Morgan fingerprint density at radius 2 is 2.16 bits per heavy atom. The second kappa shape index (κ2) is 5.34. The molecule has 1 aliphatic rings. The molecule has 1 atom stereocenters. The number of fused-ring (bicyclic) bond motifs is 1. The second-order valence-corrected chi connectivity index (χ2v) is 7.19. The van der Waals surface area contributed by atoms with Crippen LogP contribution in [0.4, 0.5) is 10.5 Å². The molecular weight excluding hydrogens is 433 g/mol. The SMILES string of the molecule is CC1=Nc2ccc(C(C)CO[C](=O)[Pb])cc2C1(C)C. The van der Waals surface area contributed by atoms with Crippen LogP contribution in [-0.4, -0.2) is 41.6 Å². The molecule has 1 unspecified atom stereocenters. The number of nitrogens with zero attached hydrogens (tertiary/aromatic N) is 1. The van der Waals surface area contributed by atoms with E-state index in [4.69, 9.17) is 4.74 Å². The van der Waals surface area contributed by atoms with E-state index in [0.29, 0.717) is 32.4 Å². The van der Waals surface area contributed by atoms with Crippen LogP contribution < -0.4 is 0 Å². The Bertz CT molecular complexity index is 549. The molecule has 3 radical (unpaired) electrons. The number of carbonyl (C=O) groups is 1. The molecule has 0 N–H and O–H groups in total. The van der Waals surface area contributed by atoms with Crippen LogP contribution in [0, 0.1) is 0 Å². The molecule has 0 fully saturated rings. The quantitative estimate of drug-likeness (QED) is 0.660. The number of aliphatic imine (C=N–C) groups is 1. The molecule has 0 spiro atoms. The van der Waals surface area contributed by atoms with Gasteiger partial charge in [-0.1, -0.05) is 0 Å².